The number of amides is 2. The first-order valence-corrected chi connectivity index (χ1v) is 5.72. The van der Waals surface area contributed by atoms with Crippen LogP contribution < -0.4 is 0 Å². The van der Waals surface area contributed by atoms with Crippen molar-refractivity contribution in [1.82, 2.24) is 9.80 Å². The molecule has 0 aliphatic carbocycles. The molecule has 1 aliphatic rings. The maximum absolute atomic E-state index is 11.7. The van der Waals surface area contributed by atoms with Crippen molar-refractivity contribution in [3.8, 4) is 0 Å². The molecule has 0 spiro atoms. The Labute approximate surface area is 101 Å². The topological polar surface area (TPSA) is 66.9 Å². The van der Waals surface area contributed by atoms with Crippen molar-refractivity contribution < 1.29 is 19.1 Å². The minimum Gasteiger partial charge on any atom is -0.465 e. The highest BCUT2D eigenvalue weighted by molar-refractivity contribution is 5.97. The van der Waals surface area contributed by atoms with Gasteiger partial charge in [-0.1, -0.05) is 0 Å². The van der Waals surface area contributed by atoms with Gasteiger partial charge in [-0.25, -0.2) is 0 Å². The Balaban J connectivity index is 2.35. The van der Waals surface area contributed by atoms with Crippen molar-refractivity contribution in [3.63, 3.8) is 0 Å². The van der Waals surface area contributed by atoms with Crippen LogP contribution in [0, 0.1) is 0 Å². The van der Waals surface area contributed by atoms with Gasteiger partial charge < -0.3 is 4.74 Å². The van der Waals surface area contributed by atoms with Gasteiger partial charge in [-0.15, -0.1) is 0 Å². The summed E-state index contributed by atoms with van der Waals surface area (Å²) in [4.78, 5) is 37.0. The molecule has 6 nitrogen and oxygen atoms in total. The first kappa shape index (κ1) is 13.6. The summed E-state index contributed by atoms with van der Waals surface area (Å²) in [5, 5.41) is 0. The fraction of sp³-hybridized carbons (Fsp3) is 0.727. The van der Waals surface area contributed by atoms with Crippen molar-refractivity contribution in [2.24, 2.45) is 0 Å². The maximum Gasteiger partial charge on any atom is 0.320 e. The van der Waals surface area contributed by atoms with Gasteiger partial charge in [-0.3, -0.25) is 24.2 Å². The van der Waals surface area contributed by atoms with Crippen LogP contribution in [0.25, 0.3) is 0 Å². The van der Waals surface area contributed by atoms with E-state index in [1.54, 1.807) is 18.9 Å². The zero-order chi connectivity index (χ0) is 12.8. The second kappa shape index (κ2) is 6.34. The summed E-state index contributed by atoms with van der Waals surface area (Å²) >= 11 is 0. The number of imide groups is 1. The standard InChI is InChI=1S/C11H18N2O4/c1-3-17-11(16)8-12(2)7-10(15)13-6-4-5-9(13)14/h3-8H2,1-2H3. The molecule has 2 amide bonds. The summed E-state index contributed by atoms with van der Waals surface area (Å²) in [6.45, 7) is 2.66. The average Bonchev–Trinajstić information content (AvgIpc) is 2.64. The summed E-state index contributed by atoms with van der Waals surface area (Å²) in [5.41, 5.74) is 0. The van der Waals surface area contributed by atoms with Crippen LogP contribution in [-0.4, -0.2) is 60.9 Å². The van der Waals surface area contributed by atoms with Crippen LogP contribution in [0.1, 0.15) is 19.8 Å². The number of esters is 1. The second-order valence-electron chi connectivity index (χ2n) is 4.02. The molecule has 1 aliphatic heterocycles. The molecule has 0 aromatic rings. The molecule has 1 saturated heterocycles. The van der Waals surface area contributed by atoms with Crippen molar-refractivity contribution in [3.05, 3.63) is 0 Å². The van der Waals surface area contributed by atoms with Gasteiger partial charge in [0, 0.05) is 13.0 Å². The van der Waals surface area contributed by atoms with E-state index in [1.165, 1.54) is 4.90 Å². The van der Waals surface area contributed by atoms with Gasteiger partial charge in [0.1, 0.15) is 0 Å². The van der Waals surface area contributed by atoms with Gasteiger partial charge in [0.2, 0.25) is 11.8 Å². The smallest absolute Gasteiger partial charge is 0.320 e. The molecular weight excluding hydrogens is 224 g/mol. The summed E-state index contributed by atoms with van der Waals surface area (Å²) in [6.07, 6.45) is 1.17. The Morgan fingerprint density at radius 2 is 2.12 bits per heavy atom. The second-order valence-corrected chi connectivity index (χ2v) is 4.02. The number of rotatable bonds is 5. The van der Waals surface area contributed by atoms with Crippen LogP contribution in [0.2, 0.25) is 0 Å². The van der Waals surface area contributed by atoms with E-state index in [0.717, 1.165) is 6.42 Å². The number of hydrogen-bond donors (Lipinski definition) is 0. The summed E-state index contributed by atoms with van der Waals surface area (Å²) < 4.78 is 4.77. The lowest BCUT2D eigenvalue weighted by Gasteiger charge is -2.19. The van der Waals surface area contributed by atoms with Gasteiger partial charge in [0.25, 0.3) is 0 Å². The highest BCUT2D eigenvalue weighted by atomic mass is 16.5. The number of likely N-dealkylation sites (N-methyl/N-ethyl adjacent to an activating group) is 1. The van der Waals surface area contributed by atoms with E-state index in [1.807, 2.05) is 0 Å². The van der Waals surface area contributed by atoms with Crippen molar-refractivity contribution in [2.45, 2.75) is 19.8 Å². The third-order valence-electron chi connectivity index (χ3n) is 2.48. The van der Waals surface area contributed by atoms with E-state index >= 15 is 0 Å². The van der Waals surface area contributed by atoms with E-state index in [-0.39, 0.29) is 30.9 Å². The number of likely N-dealkylation sites (tertiary alicyclic amines) is 1. The molecule has 0 N–H and O–H groups in total. The van der Waals surface area contributed by atoms with E-state index in [4.69, 9.17) is 4.74 Å². The van der Waals surface area contributed by atoms with E-state index < -0.39 is 0 Å². The molecule has 1 rings (SSSR count). The highest BCUT2D eigenvalue weighted by Crippen LogP contribution is 2.09. The molecule has 96 valence electrons. The molecular formula is C11H18N2O4. The SMILES string of the molecule is CCOC(=O)CN(C)CC(=O)N1CCCC1=O. The summed E-state index contributed by atoms with van der Waals surface area (Å²) in [6, 6.07) is 0. The van der Waals surface area contributed by atoms with Gasteiger partial charge in [0.15, 0.2) is 0 Å². The zero-order valence-electron chi connectivity index (χ0n) is 10.3. The number of carbonyl (C=O) groups excluding carboxylic acids is 3. The van der Waals surface area contributed by atoms with Crippen molar-refractivity contribution in [2.75, 3.05) is 33.3 Å². The molecule has 0 atom stereocenters. The lowest BCUT2D eigenvalue weighted by molar-refractivity contribution is -0.145. The molecule has 0 saturated carbocycles. The number of ether oxygens (including phenoxy) is 1. The lowest BCUT2D eigenvalue weighted by atomic mass is 10.4. The van der Waals surface area contributed by atoms with Gasteiger partial charge >= 0.3 is 5.97 Å². The fourth-order valence-electron chi connectivity index (χ4n) is 1.71. The van der Waals surface area contributed by atoms with Crippen molar-refractivity contribution >= 4 is 17.8 Å². The molecule has 6 heteroatoms. The van der Waals surface area contributed by atoms with Gasteiger partial charge in [0.05, 0.1) is 19.7 Å². The summed E-state index contributed by atoms with van der Waals surface area (Å²) in [5.74, 6) is -0.741. The number of nitrogens with zero attached hydrogens (tertiary/aromatic N) is 2. The third-order valence-corrected chi connectivity index (χ3v) is 2.48. The Morgan fingerprint density at radius 1 is 1.41 bits per heavy atom. The highest BCUT2D eigenvalue weighted by Gasteiger charge is 2.27. The largest absolute Gasteiger partial charge is 0.465 e. The molecule has 0 unspecified atom stereocenters. The lowest BCUT2D eigenvalue weighted by Crippen LogP contribution is -2.41. The predicted molar refractivity (Wildman–Crippen MR) is 60.1 cm³/mol. The number of carbonyl (C=O) groups is 3. The molecule has 0 aromatic carbocycles. The Morgan fingerprint density at radius 3 is 2.65 bits per heavy atom. The first-order chi connectivity index (χ1) is 8.04. The van der Waals surface area contributed by atoms with Gasteiger partial charge in [-0.2, -0.15) is 0 Å². The molecule has 0 radical (unpaired) electrons. The maximum atomic E-state index is 11.7. The fourth-order valence-corrected chi connectivity index (χ4v) is 1.71. The quantitative estimate of drug-likeness (QED) is 0.615. The molecule has 0 bridgehead atoms. The monoisotopic (exact) mass is 242 g/mol. The summed E-state index contributed by atoms with van der Waals surface area (Å²) in [7, 11) is 1.65. The number of hydrogen-bond acceptors (Lipinski definition) is 5. The van der Waals surface area contributed by atoms with Crippen LogP contribution >= 0.6 is 0 Å². The first-order valence-electron chi connectivity index (χ1n) is 5.72. The van der Waals surface area contributed by atoms with Crippen molar-refractivity contribution in [1.29, 1.82) is 0 Å². The minimum absolute atomic E-state index is 0.0572. The van der Waals surface area contributed by atoms with Gasteiger partial charge in [-0.05, 0) is 20.4 Å². The predicted octanol–water partition coefficient (Wildman–Crippen LogP) is -0.370. The van der Waals surface area contributed by atoms with E-state index in [0.29, 0.717) is 19.6 Å². The molecule has 1 fully saturated rings. The third kappa shape index (κ3) is 4.14. The average molecular weight is 242 g/mol. The van der Waals surface area contributed by atoms with Crippen LogP contribution in [-0.2, 0) is 19.1 Å². The zero-order valence-corrected chi connectivity index (χ0v) is 10.3. The normalized spacial score (nSPS) is 15.5. The Hall–Kier alpha value is -1.43. The van der Waals surface area contributed by atoms with E-state index in [9.17, 15) is 14.4 Å². The van der Waals surface area contributed by atoms with Crippen LogP contribution in [0.5, 0.6) is 0 Å². The van der Waals surface area contributed by atoms with Crippen LogP contribution in [0.3, 0.4) is 0 Å². The Bertz CT molecular complexity index is 317. The minimum atomic E-state index is -0.365. The molecule has 17 heavy (non-hydrogen) atoms. The van der Waals surface area contributed by atoms with Crippen LogP contribution in [0.4, 0.5) is 0 Å². The molecule has 1 heterocycles. The molecule has 0 aromatic heterocycles. The Kier molecular flexibility index (Phi) is 5.09. The van der Waals surface area contributed by atoms with E-state index in [2.05, 4.69) is 0 Å². The van der Waals surface area contributed by atoms with Crippen LogP contribution in [0.15, 0.2) is 0 Å².